The van der Waals surface area contributed by atoms with Crippen LogP contribution in [0.5, 0.6) is 0 Å². The largest absolute Gasteiger partial charge is 1.00 e. The van der Waals surface area contributed by atoms with E-state index in [2.05, 4.69) is 20.8 Å². The zero-order valence-electron chi connectivity index (χ0n) is 10.3. The topological polar surface area (TPSA) is 0 Å². The van der Waals surface area contributed by atoms with Crippen LogP contribution in [-0.2, 0) is 0 Å². The van der Waals surface area contributed by atoms with E-state index >= 15 is 0 Å². The molecule has 0 N–H and O–H groups in total. The molecule has 0 aliphatic heterocycles. The molecule has 0 atom stereocenters. The monoisotopic (exact) mass is 327 g/mol. The Morgan fingerprint density at radius 1 is 0.643 bits per heavy atom. The Morgan fingerprint density at radius 3 is 1.14 bits per heavy atom. The summed E-state index contributed by atoms with van der Waals surface area (Å²) in [6.07, 6.45) is 8.87. The maximum Gasteiger partial charge on any atom is -1.00 e. The van der Waals surface area contributed by atoms with Gasteiger partial charge >= 0.3 is 92.4 Å². The van der Waals surface area contributed by atoms with Gasteiger partial charge in [0.15, 0.2) is 0 Å². The summed E-state index contributed by atoms with van der Waals surface area (Å²) in [5.41, 5.74) is 0. The summed E-state index contributed by atoms with van der Waals surface area (Å²) in [5, 5.41) is 0. The van der Waals surface area contributed by atoms with E-state index in [0.717, 1.165) is 0 Å². The standard InChI is InChI=1S/3C4H9.ClH.Sn.H/c3*1-3-4-2;;;/h3*1,3-4H2,2H3;1H;;/p-1. The molecular formula is C12H28ClSn-. The normalized spacial score (nSPS) is 10.3. The summed E-state index contributed by atoms with van der Waals surface area (Å²) < 4.78 is 5.08. The third kappa shape index (κ3) is 11.2. The Labute approximate surface area is 104 Å². The Kier molecular flexibility index (Phi) is 17.6. The molecule has 0 unspecified atom stereocenters. The second kappa shape index (κ2) is 14.1. The third-order valence-electron chi connectivity index (χ3n) is 2.90. The minimum absolute atomic E-state index is 0. The minimum Gasteiger partial charge on any atom is -1.00 e. The number of halogens is 1. The molecule has 0 aromatic heterocycles. The second-order valence-corrected chi connectivity index (χ2v) is 14.2. The molecule has 0 saturated carbocycles. The molecule has 0 heterocycles. The molecule has 0 radical (unpaired) electrons. The zero-order valence-corrected chi connectivity index (χ0v) is 14.4. The summed E-state index contributed by atoms with van der Waals surface area (Å²) in [7, 11) is 0. The molecule has 0 saturated heterocycles. The van der Waals surface area contributed by atoms with Crippen molar-refractivity contribution >= 4 is 19.8 Å². The van der Waals surface area contributed by atoms with E-state index in [1.165, 1.54) is 38.5 Å². The molecule has 14 heavy (non-hydrogen) atoms. The van der Waals surface area contributed by atoms with Gasteiger partial charge in [0.25, 0.3) is 0 Å². The van der Waals surface area contributed by atoms with Gasteiger partial charge in [-0.3, -0.25) is 0 Å². The van der Waals surface area contributed by atoms with E-state index in [1.807, 2.05) is 0 Å². The van der Waals surface area contributed by atoms with Crippen molar-refractivity contribution < 1.29 is 12.4 Å². The molecule has 88 valence electrons. The average molecular weight is 327 g/mol. The predicted molar refractivity (Wildman–Crippen MR) is 66.3 cm³/mol. The van der Waals surface area contributed by atoms with Gasteiger partial charge in [0.2, 0.25) is 0 Å². The van der Waals surface area contributed by atoms with Crippen LogP contribution in [0.15, 0.2) is 0 Å². The van der Waals surface area contributed by atoms with Crippen LogP contribution in [-0.4, -0.2) is 19.8 Å². The van der Waals surface area contributed by atoms with Crippen LogP contribution < -0.4 is 12.4 Å². The molecule has 0 aliphatic rings. The second-order valence-electron chi connectivity index (χ2n) is 4.29. The summed E-state index contributed by atoms with van der Waals surface area (Å²) in [6.45, 7) is 7.01. The average Bonchev–Trinajstić information content (AvgIpc) is 2.17. The van der Waals surface area contributed by atoms with E-state index in [9.17, 15) is 0 Å². The third-order valence-corrected chi connectivity index (χ3v) is 13.4. The minimum atomic E-state index is -0.967. The van der Waals surface area contributed by atoms with Gasteiger partial charge < -0.3 is 12.4 Å². The van der Waals surface area contributed by atoms with E-state index in [0.29, 0.717) is 0 Å². The van der Waals surface area contributed by atoms with E-state index in [1.54, 1.807) is 13.3 Å². The van der Waals surface area contributed by atoms with Gasteiger partial charge in [0.05, 0.1) is 0 Å². The zero-order chi connectivity index (χ0) is 9.94. The summed E-state index contributed by atoms with van der Waals surface area (Å²) in [5.74, 6) is 0. The first-order valence-electron chi connectivity index (χ1n) is 6.35. The first-order valence-corrected chi connectivity index (χ1v) is 13.3. The Hall–Kier alpha value is 1.09. The molecule has 0 aromatic rings. The van der Waals surface area contributed by atoms with Gasteiger partial charge in [0.1, 0.15) is 0 Å². The molecule has 0 bridgehead atoms. The predicted octanol–water partition coefficient (Wildman–Crippen LogP) is 1.62. The number of hydrogen-bond donors (Lipinski definition) is 0. The van der Waals surface area contributed by atoms with Gasteiger partial charge in [-0.2, -0.15) is 0 Å². The molecule has 0 aromatic carbocycles. The van der Waals surface area contributed by atoms with Gasteiger partial charge in [0, 0.05) is 0 Å². The van der Waals surface area contributed by atoms with Crippen molar-refractivity contribution in [2.45, 2.75) is 72.6 Å². The SMILES string of the molecule is CCC[CH2][SnH]([CH2]CCC)[CH2]CCC.[Cl-]. The van der Waals surface area contributed by atoms with Crippen LogP contribution >= 0.6 is 0 Å². The quantitative estimate of drug-likeness (QED) is 0.565. The Morgan fingerprint density at radius 2 is 0.929 bits per heavy atom. The summed E-state index contributed by atoms with van der Waals surface area (Å²) in [4.78, 5) is 0. The van der Waals surface area contributed by atoms with Crippen LogP contribution in [0, 0.1) is 0 Å². The van der Waals surface area contributed by atoms with Crippen LogP contribution in [0.3, 0.4) is 0 Å². The Bertz CT molecular complexity index is 77.3. The van der Waals surface area contributed by atoms with E-state index in [-0.39, 0.29) is 12.4 Å². The fraction of sp³-hybridized carbons (Fsp3) is 1.00. The van der Waals surface area contributed by atoms with Crippen molar-refractivity contribution in [2.75, 3.05) is 0 Å². The summed E-state index contributed by atoms with van der Waals surface area (Å²) >= 11 is -0.967. The van der Waals surface area contributed by atoms with Crippen molar-refractivity contribution in [3.8, 4) is 0 Å². The molecule has 0 aliphatic carbocycles. The van der Waals surface area contributed by atoms with Gasteiger partial charge in [-0.1, -0.05) is 0 Å². The molecular weight excluding hydrogens is 298 g/mol. The maximum absolute atomic E-state index is 2.34. The molecule has 0 spiro atoms. The molecule has 0 nitrogen and oxygen atoms in total. The van der Waals surface area contributed by atoms with Crippen LogP contribution in [0.2, 0.25) is 13.3 Å². The van der Waals surface area contributed by atoms with Crippen molar-refractivity contribution in [1.29, 1.82) is 0 Å². The van der Waals surface area contributed by atoms with Crippen molar-refractivity contribution in [2.24, 2.45) is 0 Å². The summed E-state index contributed by atoms with van der Waals surface area (Å²) in [6, 6.07) is 0. The van der Waals surface area contributed by atoms with Crippen molar-refractivity contribution in [3.63, 3.8) is 0 Å². The van der Waals surface area contributed by atoms with Crippen LogP contribution in [0.4, 0.5) is 0 Å². The number of hydrogen-bond acceptors (Lipinski definition) is 0. The Balaban J connectivity index is 0. The molecule has 0 fully saturated rings. The van der Waals surface area contributed by atoms with Gasteiger partial charge in [-0.05, 0) is 0 Å². The fourth-order valence-electron chi connectivity index (χ4n) is 1.91. The van der Waals surface area contributed by atoms with Crippen LogP contribution in [0.25, 0.3) is 0 Å². The van der Waals surface area contributed by atoms with E-state index < -0.39 is 19.8 Å². The van der Waals surface area contributed by atoms with Gasteiger partial charge in [-0.15, -0.1) is 0 Å². The first-order chi connectivity index (χ1) is 6.35. The van der Waals surface area contributed by atoms with Crippen LogP contribution in [0.1, 0.15) is 59.3 Å². The fourth-order valence-corrected chi connectivity index (χ4v) is 12.8. The molecule has 0 amide bonds. The maximum atomic E-state index is 2.34. The smallest absolute Gasteiger partial charge is 1.00 e. The molecule has 0 rings (SSSR count). The first kappa shape index (κ1) is 17.5. The molecule has 2 heteroatoms. The number of unbranched alkanes of at least 4 members (excludes halogenated alkanes) is 3. The van der Waals surface area contributed by atoms with Gasteiger partial charge in [-0.25, -0.2) is 0 Å². The number of rotatable bonds is 9. The van der Waals surface area contributed by atoms with E-state index in [4.69, 9.17) is 0 Å². The van der Waals surface area contributed by atoms with Crippen molar-refractivity contribution in [1.82, 2.24) is 0 Å². The van der Waals surface area contributed by atoms with Crippen molar-refractivity contribution in [3.05, 3.63) is 0 Å².